The molecule has 0 bridgehead atoms. The predicted molar refractivity (Wildman–Crippen MR) is 58.7 cm³/mol. The normalized spacial score (nSPS) is 11.6. The summed E-state index contributed by atoms with van der Waals surface area (Å²) in [5.74, 6) is 0. The predicted octanol–water partition coefficient (Wildman–Crippen LogP) is 0.116. The lowest BCUT2D eigenvalue weighted by Gasteiger charge is -2.05. The summed E-state index contributed by atoms with van der Waals surface area (Å²) in [7, 11) is -4.43. The Morgan fingerprint density at radius 3 is 2.71 bits per heavy atom. The Hall–Kier alpha value is -1.93. The Morgan fingerprint density at radius 1 is 1.47 bits per heavy atom. The number of nitrogens with zero attached hydrogens (tertiary/aromatic N) is 2. The number of hydrogen-bond acceptors (Lipinski definition) is 4. The molecule has 90 valence electrons. The Labute approximate surface area is 96.5 Å². The monoisotopic (exact) mass is 255 g/mol. The fourth-order valence-electron chi connectivity index (χ4n) is 1.45. The van der Waals surface area contributed by atoms with Crippen LogP contribution in [0.1, 0.15) is 5.69 Å². The van der Waals surface area contributed by atoms with Crippen LogP contribution in [-0.2, 0) is 10.1 Å². The summed E-state index contributed by atoms with van der Waals surface area (Å²) in [6, 6.07) is 2.63. The summed E-state index contributed by atoms with van der Waals surface area (Å²) in [5, 5.41) is 2.67. The zero-order valence-electron chi connectivity index (χ0n) is 8.78. The number of pyridine rings is 1. The van der Waals surface area contributed by atoms with Gasteiger partial charge in [-0.1, -0.05) is 0 Å². The molecule has 2 aromatic rings. The van der Waals surface area contributed by atoms with Crippen LogP contribution in [0.5, 0.6) is 0 Å². The highest BCUT2D eigenvalue weighted by molar-refractivity contribution is 7.86. The second-order valence-corrected chi connectivity index (χ2v) is 4.82. The van der Waals surface area contributed by atoms with Gasteiger partial charge in [0.2, 0.25) is 0 Å². The van der Waals surface area contributed by atoms with Crippen molar-refractivity contribution in [1.29, 1.82) is 0 Å². The van der Waals surface area contributed by atoms with E-state index >= 15 is 0 Å². The lowest BCUT2D eigenvalue weighted by molar-refractivity contribution is 0.482. The summed E-state index contributed by atoms with van der Waals surface area (Å²) >= 11 is 0. The molecule has 0 spiro atoms. The van der Waals surface area contributed by atoms with E-state index in [0.717, 1.165) is 10.9 Å². The van der Waals surface area contributed by atoms with E-state index in [-0.39, 0.29) is 5.69 Å². The number of aromatic amines is 1. The van der Waals surface area contributed by atoms with E-state index < -0.39 is 20.6 Å². The fraction of sp³-hybridized carbons (Fsp3) is 0.111. The highest BCUT2D eigenvalue weighted by Crippen LogP contribution is 2.16. The third-order valence-electron chi connectivity index (χ3n) is 2.13. The van der Waals surface area contributed by atoms with Crippen LogP contribution in [0.3, 0.4) is 0 Å². The molecule has 0 saturated heterocycles. The Kier molecular flexibility index (Phi) is 2.60. The van der Waals surface area contributed by atoms with E-state index in [0.29, 0.717) is 5.69 Å². The van der Waals surface area contributed by atoms with Crippen molar-refractivity contribution in [1.82, 2.24) is 14.8 Å². The standard InChI is InChI=1S/C9H9N3O4S/c1-6-4-9(13)12(11-6)7-2-3-10-5-8(7)17(14,15)16/h2-5,11H,1H3,(H,14,15,16). The van der Waals surface area contributed by atoms with Crippen molar-refractivity contribution in [2.75, 3.05) is 0 Å². The maximum atomic E-state index is 11.6. The number of rotatable bonds is 2. The van der Waals surface area contributed by atoms with E-state index in [1.54, 1.807) is 6.92 Å². The van der Waals surface area contributed by atoms with Gasteiger partial charge in [-0.25, -0.2) is 4.68 Å². The van der Waals surface area contributed by atoms with Crippen LogP contribution in [0.4, 0.5) is 0 Å². The van der Waals surface area contributed by atoms with Gasteiger partial charge in [0.25, 0.3) is 15.7 Å². The lowest BCUT2D eigenvalue weighted by Crippen LogP contribution is -2.17. The van der Waals surface area contributed by atoms with Crippen molar-refractivity contribution in [3.63, 3.8) is 0 Å². The molecular formula is C9H9N3O4S. The molecule has 0 saturated carbocycles. The summed E-state index contributed by atoms with van der Waals surface area (Å²) in [5.41, 5.74) is 0.187. The van der Waals surface area contributed by atoms with Crippen LogP contribution in [-0.4, -0.2) is 27.7 Å². The SMILES string of the molecule is Cc1cc(=O)n(-c2ccncc2S(=O)(=O)O)[nH]1. The van der Waals surface area contributed by atoms with Crippen LogP contribution in [0.15, 0.2) is 34.2 Å². The Morgan fingerprint density at radius 2 is 2.18 bits per heavy atom. The molecule has 0 aromatic carbocycles. The molecule has 2 N–H and O–H groups in total. The number of aromatic nitrogens is 3. The second kappa shape index (κ2) is 3.82. The van der Waals surface area contributed by atoms with Gasteiger partial charge in [-0.3, -0.25) is 19.4 Å². The van der Waals surface area contributed by atoms with Gasteiger partial charge in [0.05, 0.1) is 11.9 Å². The molecule has 2 heterocycles. The molecule has 0 aliphatic rings. The average Bonchev–Trinajstić information content (AvgIpc) is 2.56. The summed E-state index contributed by atoms with van der Waals surface area (Å²) in [6.07, 6.45) is 2.31. The van der Waals surface area contributed by atoms with Crippen molar-refractivity contribution >= 4 is 10.1 Å². The molecule has 0 amide bonds. The molecule has 17 heavy (non-hydrogen) atoms. The zero-order chi connectivity index (χ0) is 12.6. The smallest absolute Gasteiger partial charge is 0.295 e. The minimum Gasteiger partial charge on any atom is -0.295 e. The number of aryl methyl sites for hydroxylation is 1. The van der Waals surface area contributed by atoms with E-state index in [1.807, 2.05) is 0 Å². The summed E-state index contributed by atoms with van der Waals surface area (Å²) < 4.78 is 32.3. The molecule has 0 unspecified atom stereocenters. The van der Waals surface area contributed by atoms with Gasteiger partial charge in [0.15, 0.2) is 0 Å². The highest BCUT2D eigenvalue weighted by atomic mass is 32.2. The van der Waals surface area contributed by atoms with E-state index in [9.17, 15) is 13.2 Å². The number of H-pyrrole nitrogens is 1. The van der Waals surface area contributed by atoms with Crippen LogP contribution < -0.4 is 5.56 Å². The van der Waals surface area contributed by atoms with E-state index in [2.05, 4.69) is 10.1 Å². The van der Waals surface area contributed by atoms with Gasteiger partial charge in [-0.2, -0.15) is 8.42 Å². The molecule has 0 aliphatic heterocycles. The van der Waals surface area contributed by atoms with Crippen LogP contribution in [0.2, 0.25) is 0 Å². The maximum Gasteiger partial charge on any atom is 0.298 e. The van der Waals surface area contributed by atoms with E-state index in [4.69, 9.17) is 4.55 Å². The molecule has 7 nitrogen and oxygen atoms in total. The first-order valence-electron chi connectivity index (χ1n) is 4.60. The molecule has 0 atom stereocenters. The minimum absolute atomic E-state index is 0.0283. The molecule has 0 radical (unpaired) electrons. The van der Waals surface area contributed by atoms with Gasteiger partial charge in [0.1, 0.15) is 4.90 Å². The average molecular weight is 255 g/mol. The van der Waals surface area contributed by atoms with Crippen molar-refractivity contribution in [3.05, 3.63) is 40.6 Å². The molecule has 8 heteroatoms. The summed E-state index contributed by atoms with van der Waals surface area (Å²) in [6.45, 7) is 1.66. The molecular weight excluding hydrogens is 246 g/mol. The number of nitrogens with one attached hydrogen (secondary N) is 1. The van der Waals surface area contributed by atoms with Gasteiger partial charge in [-0.05, 0) is 13.0 Å². The van der Waals surface area contributed by atoms with Gasteiger partial charge in [0, 0.05) is 18.0 Å². The molecule has 0 fully saturated rings. The largest absolute Gasteiger partial charge is 0.298 e. The number of hydrogen-bond donors (Lipinski definition) is 2. The van der Waals surface area contributed by atoms with E-state index in [1.165, 1.54) is 18.3 Å². The second-order valence-electron chi connectivity index (χ2n) is 3.43. The lowest BCUT2D eigenvalue weighted by atomic mass is 10.4. The minimum atomic E-state index is -4.43. The third kappa shape index (κ3) is 2.12. The molecule has 0 aliphatic carbocycles. The van der Waals surface area contributed by atoms with Crippen LogP contribution in [0, 0.1) is 6.92 Å². The Balaban J connectivity index is 2.77. The first kappa shape index (κ1) is 11.6. The van der Waals surface area contributed by atoms with Crippen LogP contribution >= 0.6 is 0 Å². The molecule has 2 rings (SSSR count). The third-order valence-corrected chi connectivity index (χ3v) is 3.00. The van der Waals surface area contributed by atoms with Gasteiger partial charge in [-0.15, -0.1) is 0 Å². The van der Waals surface area contributed by atoms with Crippen molar-refractivity contribution < 1.29 is 13.0 Å². The fourth-order valence-corrected chi connectivity index (χ4v) is 2.07. The van der Waals surface area contributed by atoms with Crippen molar-refractivity contribution in [2.24, 2.45) is 0 Å². The zero-order valence-corrected chi connectivity index (χ0v) is 9.60. The highest BCUT2D eigenvalue weighted by Gasteiger charge is 2.18. The van der Waals surface area contributed by atoms with Gasteiger partial charge < -0.3 is 0 Å². The Bertz CT molecular complexity index is 714. The quantitative estimate of drug-likeness (QED) is 0.741. The maximum absolute atomic E-state index is 11.6. The first-order valence-corrected chi connectivity index (χ1v) is 6.04. The van der Waals surface area contributed by atoms with Gasteiger partial charge >= 0.3 is 0 Å². The molecule has 2 aromatic heterocycles. The van der Waals surface area contributed by atoms with Crippen LogP contribution in [0.25, 0.3) is 5.69 Å². The van der Waals surface area contributed by atoms with Crippen molar-refractivity contribution in [3.8, 4) is 5.69 Å². The summed E-state index contributed by atoms with van der Waals surface area (Å²) in [4.78, 5) is 14.7. The first-order chi connectivity index (χ1) is 7.89. The van der Waals surface area contributed by atoms with Crippen molar-refractivity contribution in [2.45, 2.75) is 11.8 Å². The topological polar surface area (TPSA) is 105 Å².